The van der Waals surface area contributed by atoms with Gasteiger partial charge in [0.25, 0.3) is 0 Å². The second kappa shape index (κ2) is 3.93. The van der Waals surface area contributed by atoms with Gasteiger partial charge in [-0.15, -0.1) is 11.3 Å². The molecule has 0 aliphatic heterocycles. The van der Waals surface area contributed by atoms with Gasteiger partial charge < -0.3 is 5.32 Å². The first-order valence-electron chi connectivity index (χ1n) is 4.96. The van der Waals surface area contributed by atoms with Gasteiger partial charge in [-0.3, -0.25) is 4.79 Å². The van der Waals surface area contributed by atoms with Crippen molar-refractivity contribution in [1.29, 1.82) is 0 Å². The van der Waals surface area contributed by atoms with Crippen LogP contribution in [0.5, 0.6) is 0 Å². The Labute approximate surface area is 94.9 Å². The summed E-state index contributed by atoms with van der Waals surface area (Å²) in [6, 6.07) is 0. The summed E-state index contributed by atoms with van der Waals surface area (Å²) in [5, 5.41) is 5.86. The molecule has 1 aromatic rings. The van der Waals surface area contributed by atoms with Crippen molar-refractivity contribution in [2.24, 2.45) is 5.41 Å². The minimum Gasteiger partial charge on any atom is -0.344 e. The predicted molar refractivity (Wildman–Crippen MR) is 62.7 cm³/mol. The van der Waals surface area contributed by atoms with Crippen LogP contribution in [0, 0.1) is 5.41 Å². The fourth-order valence-corrected chi connectivity index (χ4v) is 1.77. The second-order valence-electron chi connectivity index (χ2n) is 5.17. The van der Waals surface area contributed by atoms with Crippen molar-refractivity contribution in [2.45, 2.75) is 40.2 Å². The molecule has 0 aliphatic rings. The van der Waals surface area contributed by atoms with Gasteiger partial charge in [0, 0.05) is 17.0 Å². The highest BCUT2D eigenvalue weighted by Gasteiger charge is 2.30. The highest BCUT2D eigenvalue weighted by molar-refractivity contribution is 7.09. The van der Waals surface area contributed by atoms with Crippen LogP contribution in [-0.4, -0.2) is 10.9 Å². The van der Waals surface area contributed by atoms with E-state index in [1.165, 1.54) is 0 Å². The lowest BCUT2D eigenvalue weighted by Crippen LogP contribution is -2.46. The lowest BCUT2D eigenvalue weighted by molar-refractivity contribution is -0.130. The molecule has 0 aromatic carbocycles. The molecule has 0 aliphatic carbocycles. The van der Waals surface area contributed by atoms with Crippen molar-refractivity contribution >= 4 is 17.2 Å². The van der Waals surface area contributed by atoms with Gasteiger partial charge in [0.15, 0.2) is 0 Å². The van der Waals surface area contributed by atoms with Crippen LogP contribution in [0.25, 0.3) is 0 Å². The first-order chi connectivity index (χ1) is 6.73. The Morgan fingerprint density at radius 3 is 2.33 bits per heavy atom. The molecule has 1 amide bonds. The molecule has 0 radical (unpaired) electrons. The zero-order valence-electron chi connectivity index (χ0n) is 9.92. The SMILES string of the molecule is CC(C)(C)C(=O)NC(C)(C)c1nccs1. The predicted octanol–water partition coefficient (Wildman–Crippen LogP) is 2.54. The third-order valence-corrected chi connectivity index (χ3v) is 3.17. The van der Waals surface area contributed by atoms with Crippen LogP contribution >= 0.6 is 11.3 Å². The summed E-state index contributed by atoms with van der Waals surface area (Å²) >= 11 is 1.56. The Balaban J connectivity index is 2.78. The van der Waals surface area contributed by atoms with E-state index in [1.54, 1.807) is 17.5 Å². The molecule has 0 fully saturated rings. The number of nitrogens with zero attached hydrogens (tertiary/aromatic N) is 1. The van der Waals surface area contributed by atoms with Crippen molar-refractivity contribution in [1.82, 2.24) is 10.3 Å². The van der Waals surface area contributed by atoms with E-state index in [1.807, 2.05) is 40.0 Å². The molecule has 15 heavy (non-hydrogen) atoms. The number of hydrogen-bond acceptors (Lipinski definition) is 3. The number of amides is 1. The summed E-state index contributed by atoms with van der Waals surface area (Å²) in [7, 11) is 0. The molecular formula is C11H18N2OS. The van der Waals surface area contributed by atoms with Crippen molar-refractivity contribution in [3.05, 3.63) is 16.6 Å². The highest BCUT2D eigenvalue weighted by atomic mass is 32.1. The fourth-order valence-electron chi connectivity index (χ4n) is 1.06. The van der Waals surface area contributed by atoms with Crippen LogP contribution in [0.4, 0.5) is 0 Å². The summed E-state index contributed by atoms with van der Waals surface area (Å²) in [4.78, 5) is 16.1. The number of aromatic nitrogens is 1. The molecule has 0 saturated heterocycles. The van der Waals surface area contributed by atoms with Crippen molar-refractivity contribution in [3.8, 4) is 0 Å². The van der Waals surface area contributed by atoms with E-state index in [9.17, 15) is 4.79 Å². The fraction of sp³-hybridized carbons (Fsp3) is 0.636. The summed E-state index contributed by atoms with van der Waals surface area (Å²) in [6.07, 6.45) is 1.75. The van der Waals surface area contributed by atoms with Gasteiger partial charge in [0.1, 0.15) is 5.01 Å². The van der Waals surface area contributed by atoms with E-state index in [0.717, 1.165) is 5.01 Å². The zero-order valence-corrected chi connectivity index (χ0v) is 10.7. The number of carbonyl (C=O) groups excluding carboxylic acids is 1. The Morgan fingerprint density at radius 1 is 1.33 bits per heavy atom. The maximum Gasteiger partial charge on any atom is 0.226 e. The molecule has 0 unspecified atom stereocenters. The normalized spacial score (nSPS) is 12.6. The molecule has 0 saturated carbocycles. The van der Waals surface area contributed by atoms with Gasteiger partial charge >= 0.3 is 0 Å². The van der Waals surface area contributed by atoms with E-state index in [4.69, 9.17) is 0 Å². The number of thiazole rings is 1. The summed E-state index contributed by atoms with van der Waals surface area (Å²) in [5.74, 6) is 0.0442. The Bertz CT molecular complexity index is 336. The summed E-state index contributed by atoms with van der Waals surface area (Å²) in [6.45, 7) is 9.64. The van der Waals surface area contributed by atoms with Crippen LogP contribution < -0.4 is 5.32 Å². The summed E-state index contributed by atoms with van der Waals surface area (Å²) < 4.78 is 0. The van der Waals surface area contributed by atoms with Crippen molar-refractivity contribution < 1.29 is 4.79 Å². The molecule has 0 spiro atoms. The van der Waals surface area contributed by atoms with Crippen molar-refractivity contribution in [2.75, 3.05) is 0 Å². The average Bonchev–Trinajstić information content (AvgIpc) is 2.52. The Kier molecular flexibility index (Phi) is 3.19. The van der Waals surface area contributed by atoms with Crippen LogP contribution in [-0.2, 0) is 10.3 Å². The third kappa shape index (κ3) is 3.02. The first kappa shape index (κ1) is 12.2. The maximum absolute atomic E-state index is 11.8. The van der Waals surface area contributed by atoms with Gasteiger partial charge in [-0.2, -0.15) is 0 Å². The second-order valence-corrected chi connectivity index (χ2v) is 6.06. The standard InChI is InChI=1S/C11H18N2OS/c1-10(2,3)8(14)13-11(4,5)9-12-6-7-15-9/h6-7H,1-5H3,(H,13,14). The van der Waals surface area contributed by atoms with Crippen LogP contribution in [0.2, 0.25) is 0 Å². The molecule has 84 valence electrons. The molecule has 1 rings (SSSR count). The molecule has 1 N–H and O–H groups in total. The molecule has 0 atom stereocenters. The van der Waals surface area contributed by atoms with Gasteiger partial charge in [0.05, 0.1) is 5.54 Å². The largest absolute Gasteiger partial charge is 0.344 e. The smallest absolute Gasteiger partial charge is 0.226 e. The number of nitrogens with one attached hydrogen (secondary N) is 1. The molecule has 4 heteroatoms. The summed E-state index contributed by atoms with van der Waals surface area (Å²) in [5.41, 5.74) is -0.757. The molecule has 0 bridgehead atoms. The van der Waals surface area contributed by atoms with Gasteiger partial charge in [-0.05, 0) is 13.8 Å². The molecule has 1 heterocycles. The minimum atomic E-state index is -0.390. The molecule has 3 nitrogen and oxygen atoms in total. The van der Waals surface area contributed by atoms with Crippen LogP contribution in [0.1, 0.15) is 39.6 Å². The topological polar surface area (TPSA) is 42.0 Å². The van der Waals surface area contributed by atoms with Gasteiger partial charge in [-0.25, -0.2) is 4.98 Å². The van der Waals surface area contributed by atoms with E-state index in [-0.39, 0.29) is 11.3 Å². The number of rotatable bonds is 2. The number of hydrogen-bond donors (Lipinski definition) is 1. The van der Waals surface area contributed by atoms with Crippen LogP contribution in [0.15, 0.2) is 11.6 Å². The monoisotopic (exact) mass is 226 g/mol. The van der Waals surface area contributed by atoms with E-state index in [2.05, 4.69) is 10.3 Å². The third-order valence-electron chi connectivity index (χ3n) is 2.07. The van der Waals surface area contributed by atoms with Crippen molar-refractivity contribution in [3.63, 3.8) is 0 Å². The average molecular weight is 226 g/mol. The van der Waals surface area contributed by atoms with E-state index in [0.29, 0.717) is 0 Å². The number of carbonyl (C=O) groups is 1. The van der Waals surface area contributed by atoms with E-state index < -0.39 is 5.54 Å². The lowest BCUT2D eigenvalue weighted by atomic mass is 9.93. The first-order valence-corrected chi connectivity index (χ1v) is 5.84. The minimum absolute atomic E-state index is 0.0442. The highest BCUT2D eigenvalue weighted by Crippen LogP contribution is 2.24. The Hall–Kier alpha value is -0.900. The molecule has 1 aromatic heterocycles. The zero-order chi connectivity index (χ0) is 11.7. The van der Waals surface area contributed by atoms with Gasteiger partial charge in [0.2, 0.25) is 5.91 Å². The Morgan fingerprint density at radius 2 is 1.93 bits per heavy atom. The lowest BCUT2D eigenvalue weighted by Gasteiger charge is -2.28. The van der Waals surface area contributed by atoms with Gasteiger partial charge in [-0.1, -0.05) is 20.8 Å². The molecular weight excluding hydrogens is 208 g/mol. The van der Waals surface area contributed by atoms with Crippen LogP contribution in [0.3, 0.4) is 0 Å². The van der Waals surface area contributed by atoms with E-state index >= 15 is 0 Å². The maximum atomic E-state index is 11.8. The quantitative estimate of drug-likeness (QED) is 0.842.